The van der Waals surface area contributed by atoms with E-state index in [2.05, 4.69) is 17.2 Å². The van der Waals surface area contributed by atoms with Gasteiger partial charge in [0.05, 0.1) is 0 Å². The van der Waals surface area contributed by atoms with Gasteiger partial charge in [0.2, 0.25) is 0 Å². The van der Waals surface area contributed by atoms with Gasteiger partial charge < -0.3 is 10.1 Å². The number of aromatic nitrogens is 1. The summed E-state index contributed by atoms with van der Waals surface area (Å²) >= 11 is 0. The highest BCUT2D eigenvalue weighted by atomic mass is 16.5. The number of rotatable bonds is 7. The zero-order valence-electron chi connectivity index (χ0n) is 9.57. The Balaban J connectivity index is 2.16. The van der Waals surface area contributed by atoms with E-state index in [9.17, 15) is 0 Å². The monoisotopic (exact) mass is 208 g/mol. The zero-order valence-corrected chi connectivity index (χ0v) is 9.57. The molecule has 0 bridgehead atoms. The third-order valence-electron chi connectivity index (χ3n) is 2.43. The molecule has 1 N–H and O–H groups in total. The summed E-state index contributed by atoms with van der Waals surface area (Å²) in [6.45, 7) is 4.06. The van der Waals surface area contributed by atoms with Crippen molar-refractivity contribution in [3.8, 4) is 0 Å². The van der Waals surface area contributed by atoms with Gasteiger partial charge in [-0.05, 0) is 44.0 Å². The van der Waals surface area contributed by atoms with Crippen molar-refractivity contribution in [2.24, 2.45) is 0 Å². The molecule has 0 saturated carbocycles. The number of pyridine rings is 1. The molecule has 0 radical (unpaired) electrons. The first-order valence-electron chi connectivity index (χ1n) is 5.47. The van der Waals surface area contributed by atoms with Gasteiger partial charge in [-0.2, -0.15) is 0 Å². The zero-order chi connectivity index (χ0) is 10.9. The molecule has 0 fully saturated rings. The summed E-state index contributed by atoms with van der Waals surface area (Å²) in [5, 5.41) is 3.47. The van der Waals surface area contributed by atoms with E-state index in [1.54, 1.807) is 7.11 Å². The minimum Gasteiger partial charge on any atom is -0.385 e. The van der Waals surface area contributed by atoms with Gasteiger partial charge in [0.1, 0.15) is 0 Å². The number of unbranched alkanes of at least 4 members (excludes halogenated alkanes) is 1. The van der Waals surface area contributed by atoms with E-state index in [4.69, 9.17) is 4.74 Å². The van der Waals surface area contributed by atoms with Gasteiger partial charge >= 0.3 is 0 Å². The molecule has 1 rings (SSSR count). The molecule has 0 spiro atoms. The first-order chi connectivity index (χ1) is 7.34. The van der Waals surface area contributed by atoms with Crippen molar-refractivity contribution in [2.45, 2.75) is 25.8 Å². The molecule has 0 saturated heterocycles. The average molecular weight is 208 g/mol. The Bertz CT molecular complexity index is 251. The molecule has 3 heteroatoms. The summed E-state index contributed by atoms with van der Waals surface area (Å²) in [6, 6.07) is 4.50. The molecule has 15 heavy (non-hydrogen) atoms. The van der Waals surface area contributed by atoms with E-state index >= 15 is 0 Å². The highest BCUT2D eigenvalue weighted by molar-refractivity contribution is 5.13. The van der Waals surface area contributed by atoms with Gasteiger partial charge in [0.15, 0.2) is 0 Å². The fraction of sp³-hybridized carbons (Fsp3) is 0.583. The highest BCUT2D eigenvalue weighted by Gasteiger charge is 2.02. The van der Waals surface area contributed by atoms with Crippen molar-refractivity contribution in [3.05, 3.63) is 30.1 Å². The predicted octanol–water partition coefficient (Wildman–Crippen LogP) is 2.16. The van der Waals surface area contributed by atoms with Crippen LogP contribution < -0.4 is 5.32 Å². The van der Waals surface area contributed by atoms with E-state index in [0.717, 1.165) is 26.0 Å². The molecular formula is C12H20N2O. The van der Waals surface area contributed by atoms with Crippen LogP contribution in [0, 0.1) is 0 Å². The number of ether oxygens (including phenoxy) is 1. The van der Waals surface area contributed by atoms with E-state index in [-0.39, 0.29) is 0 Å². The van der Waals surface area contributed by atoms with Crippen LogP contribution in [0.25, 0.3) is 0 Å². The Kier molecular flexibility index (Phi) is 5.97. The molecule has 0 aliphatic carbocycles. The van der Waals surface area contributed by atoms with Crippen LogP contribution in [-0.2, 0) is 4.74 Å². The molecule has 0 aliphatic rings. The Labute approximate surface area is 91.9 Å². The van der Waals surface area contributed by atoms with Crippen molar-refractivity contribution in [3.63, 3.8) is 0 Å². The molecule has 1 atom stereocenters. The fourth-order valence-corrected chi connectivity index (χ4v) is 1.46. The maximum atomic E-state index is 5.00. The molecule has 1 heterocycles. The fourth-order valence-electron chi connectivity index (χ4n) is 1.46. The first-order valence-corrected chi connectivity index (χ1v) is 5.47. The van der Waals surface area contributed by atoms with E-state index < -0.39 is 0 Å². The second kappa shape index (κ2) is 7.37. The van der Waals surface area contributed by atoms with Gasteiger partial charge in [0, 0.05) is 32.2 Å². The predicted molar refractivity (Wildman–Crippen MR) is 61.8 cm³/mol. The molecule has 1 aromatic heterocycles. The number of nitrogens with zero attached hydrogens (tertiary/aromatic N) is 1. The average Bonchev–Trinajstić information content (AvgIpc) is 2.30. The summed E-state index contributed by atoms with van der Waals surface area (Å²) in [5.41, 5.74) is 1.29. The molecule has 3 nitrogen and oxygen atoms in total. The van der Waals surface area contributed by atoms with Crippen LogP contribution in [0.1, 0.15) is 31.4 Å². The molecule has 0 unspecified atom stereocenters. The quantitative estimate of drug-likeness (QED) is 0.697. The van der Waals surface area contributed by atoms with Crippen LogP contribution in [0.4, 0.5) is 0 Å². The maximum absolute atomic E-state index is 5.00. The second-order valence-electron chi connectivity index (χ2n) is 3.66. The second-order valence-corrected chi connectivity index (χ2v) is 3.66. The van der Waals surface area contributed by atoms with E-state index in [0.29, 0.717) is 6.04 Å². The van der Waals surface area contributed by atoms with Crippen molar-refractivity contribution >= 4 is 0 Å². The van der Waals surface area contributed by atoms with Crippen LogP contribution in [0.15, 0.2) is 24.5 Å². The Morgan fingerprint density at radius 2 is 2.07 bits per heavy atom. The number of hydrogen-bond acceptors (Lipinski definition) is 3. The molecule has 84 valence electrons. The smallest absolute Gasteiger partial charge is 0.0462 e. The molecule has 0 aliphatic heterocycles. The lowest BCUT2D eigenvalue weighted by molar-refractivity contribution is 0.192. The topological polar surface area (TPSA) is 34.1 Å². The van der Waals surface area contributed by atoms with Crippen LogP contribution in [0.2, 0.25) is 0 Å². The first kappa shape index (κ1) is 12.1. The van der Waals surface area contributed by atoms with Crippen molar-refractivity contribution in [1.29, 1.82) is 0 Å². The van der Waals surface area contributed by atoms with Crippen LogP contribution >= 0.6 is 0 Å². The molecule has 0 amide bonds. The summed E-state index contributed by atoms with van der Waals surface area (Å²) in [7, 11) is 1.74. The normalized spacial score (nSPS) is 12.7. The van der Waals surface area contributed by atoms with Gasteiger partial charge in [-0.1, -0.05) is 0 Å². The molecule has 1 aromatic rings. The van der Waals surface area contributed by atoms with Gasteiger partial charge in [0.25, 0.3) is 0 Å². The van der Waals surface area contributed by atoms with Gasteiger partial charge in [-0.15, -0.1) is 0 Å². The minimum absolute atomic E-state index is 0.399. The lowest BCUT2D eigenvalue weighted by atomic mass is 10.1. The summed E-state index contributed by atoms with van der Waals surface area (Å²) in [6.07, 6.45) is 5.94. The number of methoxy groups -OCH3 is 1. The third-order valence-corrected chi connectivity index (χ3v) is 2.43. The molecular weight excluding hydrogens is 188 g/mol. The van der Waals surface area contributed by atoms with E-state index in [1.165, 1.54) is 5.56 Å². The van der Waals surface area contributed by atoms with Crippen LogP contribution in [0.5, 0.6) is 0 Å². The third kappa shape index (κ3) is 4.91. The number of hydrogen-bond donors (Lipinski definition) is 1. The maximum Gasteiger partial charge on any atom is 0.0462 e. The van der Waals surface area contributed by atoms with Crippen molar-refractivity contribution in [1.82, 2.24) is 10.3 Å². The Hall–Kier alpha value is -0.930. The van der Waals surface area contributed by atoms with Crippen LogP contribution in [-0.4, -0.2) is 25.2 Å². The SMILES string of the molecule is COCCCCN[C@H](C)c1ccncc1. The number of nitrogens with one attached hydrogen (secondary N) is 1. The standard InChI is InChI=1S/C12H20N2O/c1-11(12-5-8-13-9-6-12)14-7-3-4-10-15-2/h5-6,8-9,11,14H,3-4,7,10H2,1-2H3/t11-/m1/s1. The minimum atomic E-state index is 0.399. The van der Waals surface area contributed by atoms with Crippen molar-refractivity contribution < 1.29 is 4.74 Å². The highest BCUT2D eigenvalue weighted by Crippen LogP contribution is 2.09. The largest absolute Gasteiger partial charge is 0.385 e. The van der Waals surface area contributed by atoms with Crippen LogP contribution in [0.3, 0.4) is 0 Å². The van der Waals surface area contributed by atoms with E-state index in [1.807, 2.05) is 24.5 Å². The lowest BCUT2D eigenvalue weighted by Gasteiger charge is -2.13. The summed E-state index contributed by atoms with van der Waals surface area (Å²) in [4.78, 5) is 4.00. The van der Waals surface area contributed by atoms with Crippen molar-refractivity contribution in [2.75, 3.05) is 20.3 Å². The summed E-state index contributed by atoms with van der Waals surface area (Å²) < 4.78 is 5.00. The summed E-state index contributed by atoms with van der Waals surface area (Å²) in [5.74, 6) is 0. The van der Waals surface area contributed by atoms with Gasteiger partial charge in [-0.25, -0.2) is 0 Å². The Morgan fingerprint density at radius 3 is 2.73 bits per heavy atom. The molecule has 0 aromatic carbocycles. The lowest BCUT2D eigenvalue weighted by Crippen LogP contribution is -2.20. The Morgan fingerprint density at radius 1 is 1.33 bits per heavy atom. The van der Waals surface area contributed by atoms with Gasteiger partial charge in [-0.3, -0.25) is 4.98 Å².